The molecule has 4 nitrogen and oxygen atoms in total. The van der Waals surface area contributed by atoms with Gasteiger partial charge in [-0.15, -0.1) is 0 Å². The molecule has 0 atom stereocenters. The molecule has 0 spiro atoms. The minimum Gasteiger partial charge on any atom is -0.458 e. The summed E-state index contributed by atoms with van der Waals surface area (Å²) in [6, 6.07) is 15.4. The van der Waals surface area contributed by atoms with Gasteiger partial charge in [-0.3, -0.25) is 4.40 Å². The molecule has 0 bridgehead atoms. The van der Waals surface area contributed by atoms with Crippen LogP contribution in [0.1, 0.15) is 11.3 Å². The van der Waals surface area contributed by atoms with Crippen LogP contribution in [0.4, 0.5) is 0 Å². The third-order valence-corrected chi connectivity index (χ3v) is 3.61. The highest BCUT2D eigenvalue weighted by Gasteiger charge is 2.07. The monoisotopic (exact) mass is 338 g/mol. The first-order chi connectivity index (χ1) is 11.7. The van der Waals surface area contributed by atoms with Crippen LogP contribution < -0.4 is 0 Å². The summed E-state index contributed by atoms with van der Waals surface area (Å²) < 4.78 is 6.94. The van der Waals surface area contributed by atoms with Crippen molar-refractivity contribution in [2.45, 2.75) is 0 Å². The van der Waals surface area contributed by atoms with E-state index in [2.05, 4.69) is 4.98 Å². The third kappa shape index (κ3) is 3.91. The lowest BCUT2D eigenvalue weighted by atomic mass is 10.2. The summed E-state index contributed by atoms with van der Waals surface area (Å²) in [6.45, 7) is 0.207. The lowest BCUT2D eigenvalue weighted by molar-refractivity contribution is -0.136. The Hall–Kier alpha value is -2.85. The van der Waals surface area contributed by atoms with Crippen molar-refractivity contribution in [3.05, 3.63) is 83.3 Å². The van der Waals surface area contributed by atoms with E-state index >= 15 is 0 Å². The highest BCUT2D eigenvalue weighted by atomic mass is 35.5. The molecule has 3 rings (SSSR count). The lowest BCUT2D eigenvalue weighted by Gasteiger charge is -1.98. The quantitative estimate of drug-likeness (QED) is 0.516. The molecule has 0 saturated carbocycles. The maximum atomic E-state index is 11.8. The number of hydrogen-bond acceptors (Lipinski definition) is 3. The van der Waals surface area contributed by atoms with Gasteiger partial charge in [-0.05, 0) is 29.8 Å². The molecule has 0 radical (unpaired) electrons. The molecule has 1 aromatic carbocycles. The molecule has 24 heavy (non-hydrogen) atoms. The highest BCUT2D eigenvalue weighted by Crippen LogP contribution is 2.18. The molecule has 2 aromatic heterocycles. The summed E-state index contributed by atoms with van der Waals surface area (Å²) in [5, 5.41) is 0.342. The van der Waals surface area contributed by atoms with Crippen LogP contribution in [-0.4, -0.2) is 22.0 Å². The maximum Gasteiger partial charge on any atom is 0.331 e. The van der Waals surface area contributed by atoms with Gasteiger partial charge in [0, 0.05) is 12.3 Å². The average molecular weight is 339 g/mol. The van der Waals surface area contributed by atoms with Gasteiger partial charge in [-0.25, -0.2) is 9.78 Å². The van der Waals surface area contributed by atoms with E-state index in [1.807, 2.05) is 60.8 Å². The molecule has 0 aliphatic heterocycles. The number of hydrogen-bond donors (Lipinski definition) is 0. The van der Waals surface area contributed by atoms with Gasteiger partial charge in [0.05, 0.1) is 5.69 Å². The van der Waals surface area contributed by atoms with Gasteiger partial charge in [0.1, 0.15) is 12.3 Å². The number of ether oxygens (including phenoxy) is 1. The number of benzene rings is 1. The van der Waals surface area contributed by atoms with Crippen LogP contribution in [0.15, 0.2) is 66.9 Å². The van der Waals surface area contributed by atoms with Crippen LogP contribution in [0.25, 0.3) is 17.8 Å². The van der Waals surface area contributed by atoms with E-state index in [1.165, 1.54) is 6.08 Å². The van der Waals surface area contributed by atoms with E-state index < -0.39 is 5.97 Å². The van der Waals surface area contributed by atoms with Gasteiger partial charge in [0.15, 0.2) is 5.15 Å². The number of esters is 1. The molecule has 0 N–H and O–H groups in total. The van der Waals surface area contributed by atoms with Gasteiger partial charge in [-0.2, -0.15) is 0 Å². The third-order valence-electron chi connectivity index (χ3n) is 3.33. The molecule has 3 aromatic rings. The Morgan fingerprint density at radius 2 is 1.92 bits per heavy atom. The molecule has 120 valence electrons. The fourth-order valence-electron chi connectivity index (χ4n) is 2.21. The molecule has 0 aliphatic carbocycles. The Balaban J connectivity index is 1.59. The summed E-state index contributed by atoms with van der Waals surface area (Å²) in [7, 11) is 0. The SMILES string of the molecule is O=C(/C=C\c1c(Cl)nc2ccccn12)OC/C=C/c1ccccc1. The van der Waals surface area contributed by atoms with E-state index in [4.69, 9.17) is 16.3 Å². The second-order valence-corrected chi connectivity index (χ2v) is 5.35. The molecule has 0 amide bonds. The predicted molar refractivity (Wildman–Crippen MR) is 95.7 cm³/mol. The van der Waals surface area contributed by atoms with E-state index in [1.54, 1.807) is 16.6 Å². The van der Waals surface area contributed by atoms with Crippen molar-refractivity contribution in [2.24, 2.45) is 0 Å². The topological polar surface area (TPSA) is 43.6 Å². The molecule has 2 heterocycles. The van der Waals surface area contributed by atoms with Gasteiger partial charge in [0.2, 0.25) is 0 Å². The van der Waals surface area contributed by atoms with Crippen molar-refractivity contribution in [2.75, 3.05) is 6.61 Å². The Labute approximate surface area is 144 Å². The van der Waals surface area contributed by atoms with Crippen LogP contribution in [0, 0.1) is 0 Å². The zero-order chi connectivity index (χ0) is 16.8. The van der Waals surface area contributed by atoms with Crippen molar-refractivity contribution in [3.8, 4) is 0 Å². The second kappa shape index (κ2) is 7.62. The Morgan fingerprint density at radius 3 is 2.75 bits per heavy atom. The Morgan fingerprint density at radius 1 is 1.12 bits per heavy atom. The first-order valence-electron chi connectivity index (χ1n) is 7.43. The molecular weight excluding hydrogens is 324 g/mol. The van der Waals surface area contributed by atoms with Gasteiger partial charge >= 0.3 is 5.97 Å². The van der Waals surface area contributed by atoms with Crippen molar-refractivity contribution >= 4 is 35.4 Å². The number of halogens is 1. The van der Waals surface area contributed by atoms with E-state index in [-0.39, 0.29) is 6.61 Å². The van der Waals surface area contributed by atoms with E-state index in [0.717, 1.165) is 11.2 Å². The minimum absolute atomic E-state index is 0.207. The molecule has 0 aliphatic rings. The summed E-state index contributed by atoms with van der Waals surface area (Å²) >= 11 is 6.10. The molecule has 0 unspecified atom stereocenters. The number of rotatable bonds is 5. The summed E-state index contributed by atoms with van der Waals surface area (Å²) in [6.07, 6.45) is 8.48. The first kappa shape index (κ1) is 16.0. The van der Waals surface area contributed by atoms with Crippen molar-refractivity contribution < 1.29 is 9.53 Å². The lowest BCUT2D eigenvalue weighted by Crippen LogP contribution is -2.00. The second-order valence-electron chi connectivity index (χ2n) is 4.99. The van der Waals surface area contributed by atoms with Crippen molar-refractivity contribution in [1.29, 1.82) is 0 Å². The Bertz CT molecular complexity index is 898. The largest absolute Gasteiger partial charge is 0.458 e. The van der Waals surface area contributed by atoms with Gasteiger partial charge in [-0.1, -0.05) is 54.1 Å². The number of nitrogens with zero attached hydrogens (tertiary/aromatic N) is 2. The standard InChI is InChI=1S/C19H15ClN2O2/c20-19-16(22-13-5-4-10-17(22)21-19)11-12-18(23)24-14-6-9-15-7-2-1-3-8-15/h1-13H,14H2/b9-6+,12-11-. The summed E-state index contributed by atoms with van der Waals surface area (Å²) in [5.74, 6) is -0.436. The number of pyridine rings is 1. The van der Waals surface area contributed by atoms with Gasteiger partial charge < -0.3 is 4.74 Å². The first-order valence-corrected chi connectivity index (χ1v) is 7.81. The van der Waals surface area contributed by atoms with Crippen LogP contribution in [0.5, 0.6) is 0 Å². The number of carbonyl (C=O) groups excluding carboxylic acids is 1. The summed E-state index contributed by atoms with van der Waals surface area (Å²) in [4.78, 5) is 16.0. The minimum atomic E-state index is -0.436. The van der Waals surface area contributed by atoms with Crippen molar-refractivity contribution in [1.82, 2.24) is 9.38 Å². The zero-order valence-electron chi connectivity index (χ0n) is 12.8. The van der Waals surface area contributed by atoms with Crippen LogP contribution >= 0.6 is 11.6 Å². The van der Waals surface area contributed by atoms with E-state index in [9.17, 15) is 4.79 Å². The van der Waals surface area contributed by atoms with Crippen LogP contribution in [-0.2, 0) is 9.53 Å². The fourth-order valence-corrected chi connectivity index (χ4v) is 2.45. The predicted octanol–water partition coefficient (Wildman–Crippen LogP) is 4.26. The smallest absolute Gasteiger partial charge is 0.331 e. The number of fused-ring (bicyclic) bond motifs is 1. The highest BCUT2D eigenvalue weighted by molar-refractivity contribution is 6.31. The van der Waals surface area contributed by atoms with Crippen molar-refractivity contribution in [3.63, 3.8) is 0 Å². The maximum absolute atomic E-state index is 11.8. The van der Waals surface area contributed by atoms with Crippen LogP contribution in [0.3, 0.4) is 0 Å². The Kier molecular flexibility index (Phi) is 5.08. The number of imidazole rings is 1. The fraction of sp³-hybridized carbons (Fsp3) is 0.0526. The van der Waals surface area contributed by atoms with Gasteiger partial charge in [0.25, 0.3) is 0 Å². The average Bonchev–Trinajstić information content (AvgIpc) is 2.93. The molecule has 0 fully saturated rings. The molecule has 5 heteroatoms. The normalized spacial score (nSPS) is 11.5. The molecule has 0 saturated heterocycles. The number of aromatic nitrogens is 2. The summed E-state index contributed by atoms with van der Waals surface area (Å²) in [5.41, 5.74) is 2.42. The molecular formula is C19H15ClN2O2. The number of carbonyl (C=O) groups is 1. The van der Waals surface area contributed by atoms with E-state index in [0.29, 0.717) is 10.8 Å². The zero-order valence-corrected chi connectivity index (χ0v) is 13.6. The van der Waals surface area contributed by atoms with Crippen LogP contribution in [0.2, 0.25) is 5.15 Å².